The van der Waals surface area contributed by atoms with Crippen LogP contribution in [0.1, 0.15) is 21.6 Å². The molecule has 1 aromatic heterocycles. The van der Waals surface area contributed by atoms with Crippen molar-refractivity contribution in [3.05, 3.63) is 114 Å². The van der Waals surface area contributed by atoms with Gasteiger partial charge in [-0.05, 0) is 37.3 Å². The maximum absolute atomic E-state index is 12.6. The Balaban J connectivity index is 1.84. The molecule has 0 saturated heterocycles. The van der Waals surface area contributed by atoms with E-state index in [1.54, 1.807) is 35.0 Å². The van der Waals surface area contributed by atoms with E-state index in [1.165, 1.54) is 6.08 Å². The Morgan fingerprint density at radius 2 is 1.44 bits per heavy atom. The van der Waals surface area contributed by atoms with Gasteiger partial charge in [0.2, 0.25) is 0 Å². The van der Waals surface area contributed by atoms with Crippen LogP contribution in [0.3, 0.4) is 0 Å². The molecular weight excluding hydrogens is 402 g/mol. The van der Waals surface area contributed by atoms with Crippen molar-refractivity contribution in [2.45, 2.75) is 6.92 Å². The lowest BCUT2D eigenvalue weighted by Crippen LogP contribution is -2.27. The van der Waals surface area contributed by atoms with Crippen molar-refractivity contribution in [3.63, 3.8) is 0 Å². The minimum absolute atomic E-state index is 0.230. The van der Waals surface area contributed by atoms with Crippen LogP contribution in [0.25, 0.3) is 23.0 Å². The normalized spacial score (nSPS) is 11.2. The number of aliphatic carboxylic acids is 1. The van der Waals surface area contributed by atoms with Gasteiger partial charge in [0.25, 0.3) is 5.91 Å². The Morgan fingerprint density at radius 1 is 0.875 bits per heavy atom. The Hall–Kier alpha value is -4.45. The molecule has 3 aromatic carbocycles. The van der Waals surface area contributed by atoms with Gasteiger partial charge < -0.3 is 10.4 Å². The van der Waals surface area contributed by atoms with Crippen LogP contribution in [0.15, 0.2) is 96.7 Å². The van der Waals surface area contributed by atoms with Gasteiger partial charge in [-0.15, -0.1) is 0 Å². The summed E-state index contributed by atoms with van der Waals surface area (Å²) in [6.45, 7) is 1.82. The fourth-order valence-corrected chi connectivity index (χ4v) is 3.42. The third-order valence-electron chi connectivity index (χ3n) is 4.96. The highest BCUT2D eigenvalue weighted by atomic mass is 16.4. The molecule has 0 radical (unpaired) electrons. The maximum atomic E-state index is 12.6. The Morgan fingerprint density at radius 3 is 2.03 bits per heavy atom. The standard InChI is InChI=1S/C26H21N3O3/c1-18-22(17-23(26(31)32)27-25(30)20-13-7-3-8-14-20)24(19-11-5-2-6-12-19)29(28-18)21-15-9-4-10-16-21/h2-17H,1H3,(H,27,30)(H,31,32)/b23-17+. The summed E-state index contributed by atoms with van der Waals surface area (Å²) >= 11 is 0. The second-order valence-electron chi connectivity index (χ2n) is 7.14. The number of carbonyl (C=O) groups excluding carboxylic acids is 1. The lowest BCUT2D eigenvalue weighted by Gasteiger charge is -2.10. The van der Waals surface area contributed by atoms with Crippen LogP contribution < -0.4 is 5.32 Å². The predicted molar refractivity (Wildman–Crippen MR) is 123 cm³/mol. The summed E-state index contributed by atoms with van der Waals surface area (Å²) in [6, 6.07) is 27.7. The highest BCUT2D eigenvalue weighted by Gasteiger charge is 2.20. The third kappa shape index (κ3) is 4.34. The minimum Gasteiger partial charge on any atom is -0.477 e. The van der Waals surface area contributed by atoms with E-state index in [2.05, 4.69) is 10.4 Å². The zero-order chi connectivity index (χ0) is 22.5. The Kier molecular flexibility index (Phi) is 5.94. The molecule has 6 heteroatoms. The predicted octanol–water partition coefficient (Wildman–Crippen LogP) is 4.70. The molecule has 4 rings (SSSR count). The van der Waals surface area contributed by atoms with E-state index in [1.807, 2.05) is 67.6 Å². The number of carboxylic acids is 1. The van der Waals surface area contributed by atoms with Gasteiger partial charge >= 0.3 is 5.97 Å². The van der Waals surface area contributed by atoms with Crippen molar-refractivity contribution in [2.75, 3.05) is 0 Å². The van der Waals surface area contributed by atoms with Crippen molar-refractivity contribution >= 4 is 18.0 Å². The van der Waals surface area contributed by atoms with Crippen molar-refractivity contribution in [3.8, 4) is 16.9 Å². The Labute approximate surface area is 185 Å². The van der Waals surface area contributed by atoms with Crippen LogP contribution in [0.4, 0.5) is 0 Å². The molecule has 0 bridgehead atoms. The number of rotatable bonds is 6. The fraction of sp³-hybridized carbons (Fsp3) is 0.0385. The van der Waals surface area contributed by atoms with Crippen molar-refractivity contribution in [2.24, 2.45) is 0 Å². The first-order chi connectivity index (χ1) is 15.5. The van der Waals surface area contributed by atoms with Crippen LogP contribution in [-0.2, 0) is 4.79 Å². The van der Waals surface area contributed by atoms with E-state index in [-0.39, 0.29) is 5.70 Å². The highest BCUT2D eigenvalue weighted by Crippen LogP contribution is 2.30. The molecule has 0 fully saturated rings. The Bertz CT molecular complexity index is 1280. The van der Waals surface area contributed by atoms with Crippen molar-refractivity contribution in [1.82, 2.24) is 15.1 Å². The van der Waals surface area contributed by atoms with Crippen LogP contribution in [0.2, 0.25) is 0 Å². The first kappa shape index (κ1) is 20.8. The number of nitrogens with one attached hydrogen (secondary N) is 1. The molecule has 0 aliphatic carbocycles. The summed E-state index contributed by atoms with van der Waals surface area (Å²) in [5, 5.41) is 17.0. The molecule has 1 amide bonds. The lowest BCUT2D eigenvalue weighted by molar-refractivity contribution is -0.132. The van der Waals surface area contributed by atoms with Crippen LogP contribution in [0.5, 0.6) is 0 Å². The van der Waals surface area contributed by atoms with E-state index >= 15 is 0 Å². The topological polar surface area (TPSA) is 84.2 Å². The second kappa shape index (κ2) is 9.14. The molecule has 158 valence electrons. The van der Waals surface area contributed by atoms with E-state index in [0.717, 1.165) is 16.9 Å². The van der Waals surface area contributed by atoms with Gasteiger partial charge in [0.05, 0.1) is 17.1 Å². The van der Waals surface area contributed by atoms with Crippen LogP contribution >= 0.6 is 0 Å². The molecule has 6 nitrogen and oxygen atoms in total. The van der Waals surface area contributed by atoms with Crippen molar-refractivity contribution < 1.29 is 14.7 Å². The molecule has 0 spiro atoms. The molecule has 32 heavy (non-hydrogen) atoms. The zero-order valence-electron chi connectivity index (χ0n) is 17.4. The molecule has 0 aliphatic rings. The smallest absolute Gasteiger partial charge is 0.352 e. The third-order valence-corrected chi connectivity index (χ3v) is 4.96. The van der Waals surface area contributed by atoms with Gasteiger partial charge in [-0.25, -0.2) is 9.48 Å². The number of carbonyl (C=O) groups is 2. The summed E-state index contributed by atoms with van der Waals surface area (Å²) in [5.41, 5.74) is 3.86. The van der Waals surface area contributed by atoms with E-state index < -0.39 is 11.9 Å². The molecule has 0 atom stereocenters. The monoisotopic (exact) mass is 423 g/mol. The average Bonchev–Trinajstić information content (AvgIpc) is 3.16. The number of benzene rings is 3. The number of aromatic nitrogens is 2. The second-order valence-corrected chi connectivity index (χ2v) is 7.14. The number of carboxylic acid groups (broad SMARTS) is 1. The SMILES string of the molecule is Cc1nn(-c2ccccc2)c(-c2ccccc2)c1/C=C(/NC(=O)c1ccccc1)C(=O)O. The molecule has 1 heterocycles. The number of aryl methyl sites for hydroxylation is 1. The first-order valence-electron chi connectivity index (χ1n) is 10.1. The molecule has 2 N–H and O–H groups in total. The van der Waals surface area contributed by atoms with E-state index in [4.69, 9.17) is 0 Å². The summed E-state index contributed by atoms with van der Waals surface area (Å²) in [7, 11) is 0. The molecular formula is C26H21N3O3. The highest BCUT2D eigenvalue weighted by molar-refractivity contribution is 6.03. The summed E-state index contributed by atoms with van der Waals surface area (Å²) in [5.74, 6) is -1.73. The summed E-state index contributed by atoms with van der Waals surface area (Å²) in [6.07, 6.45) is 1.47. The van der Waals surface area contributed by atoms with Gasteiger partial charge in [-0.3, -0.25) is 4.79 Å². The maximum Gasteiger partial charge on any atom is 0.352 e. The van der Waals surface area contributed by atoms with Gasteiger partial charge in [0.1, 0.15) is 5.70 Å². The van der Waals surface area contributed by atoms with Gasteiger partial charge in [0.15, 0.2) is 0 Å². The van der Waals surface area contributed by atoms with Gasteiger partial charge in [-0.2, -0.15) is 5.10 Å². The number of nitrogens with zero attached hydrogens (tertiary/aromatic N) is 2. The number of amides is 1. The van der Waals surface area contributed by atoms with Crippen molar-refractivity contribution in [1.29, 1.82) is 0 Å². The van der Waals surface area contributed by atoms with Crippen LogP contribution in [0, 0.1) is 6.92 Å². The summed E-state index contributed by atoms with van der Waals surface area (Å²) < 4.78 is 1.79. The van der Waals surface area contributed by atoms with Gasteiger partial charge in [0, 0.05) is 16.7 Å². The average molecular weight is 423 g/mol. The molecule has 0 aliphatic heterocycles. The molecule has 0 saturated carbocycles. The summed E-state index contributed by atoms with van der Waals surface area (Å²) in [4.78, 5) is 24.6. The number of para-hydroxylation sites is 1. The first-order valence-corrected chi connectivity index (χ1v) is 10.1. The molecule has 4 aromatic rings. The zero-order valence-corrected chi connectivity index (χ0v) is 17.4. The van der Waals surface area contributed by atoms with E-state index in [0.29, 0.717) is 16.8 Å². The molecule has 0 unspecified atom stereocenters. The van der Waals surface area contributed by atoms with E-state index in [9.17, 15) is 14.7 Å². The van der Waals surface area contributed by atoms with Crippen LogP contribution in [-0.4, -0.2) is 26.8 Å². The fourth-order valence-electron chi connectivity index (χ4n) is 3.42. The number of hydrogen-bond acceptors (Lipinski definition) is 3. The quantitative estimate of drug-likeness (QED) is 0.440. The minimum atomic E-state index is -1.24. The number of hydrogen-bond donors (Lipinski definition) is 2. The largest absolute Gasteiger partial charge is 0.477 e. The van der Waals surface area contributed by atoms with Gasteiger partial charge in [-0.1, -0.05) is 66.7 Å². The lowest BCUT2D eigenvalue weighted by atomic mass is 10.0.